The largest absolute Gasteiger partial charge is 0.478 e. The van der Waals surface area contributed by atoms with Crippen LogP contribution in [0.15, 0.2) is 54.1 Å². The van der Waals surface area contributed by atoms with E-state index in [2.05, 4.69) is 0 Å². The van der Waals surface area contributed by atoms with Crippen LogP contribution in [0.1, 0.15) is 23.1 Å². The number of rotatable bonds is 2. The van der Waals surface area contributed by atoms with Gasteiger partial charge >= 0.3 is 5.97 Å². The molecule has 2 aromatic rings. The Morgan fingerprint density at radius 2 is 1.80 bits per heavy atom. The smallest absolute Gasteiger partial charge is 0.332 e. The Morgan fingerprint density at radius 1 is 1.05 bits per heavy atom. The molecule has 1 N–H and O–H groups in total. The van der Waals surface area contributed by atoms with Crippen LogP contribution in [0.2, 0.25) is 5.02 Å². The van der Waals surface area contributed by atoms with Crippen molar-refractivity contribution in [3.8, 4) is 0 Å². The lowest BCUT2D eigenvalue weighted by Crippen LogP contribution is -2.12. The van der Waals surface area contributed by atoms with E-state index < -0.39 is 5.97 Å². The van der Waals surface area contributed by atoms with Crippen molar-refractivity contribution < 1.29 is 9.90 Å². The van der Waals surface area contributed by atoms with E-state index in [1.807, 2.05) is 48.5 Å². The van der Waals surface area contributed by atoms with Crippen molar-refractivity contribution in [1.29, 1.82) is 0 Å². The van der Waals surface area contributed by atoms with Crippen LogP contribution >= 0.6 is 11.6 Å². The Morgan fingerprint density at radius 3 is 2.50 bits per heavy atom. The molecule has 0 fully saturated rings. The lowest BCUT2D eigenvalue weighted by atomic mass is 9.82. The molecule has 2 nitrogen and oxygen atoms in total. The van der Waals surface area contributed by atoms with E-state index in [-0.39, 0.29) is 0 Å². The standard InChI is InChI=1S/C17H13ClO2/c18-13-8-6-11-7-9-14(17(19)20)16(15(11)10-13)12-4-2-1-3-5-12/h1-6,8,10H,7,9H2,(H,19,20). The van der Waals surface area contributed by atoms with Gasteiger partial charge in [-0.25, -0.2) is 4.79 Å². The predicted molar refractivity (Wildman–Crippen MR) is 79.9 cm³/mol. The van der Waals surface area contributed by atoms with E-state index in [0.29, 0.717) is 17.0 Å². The van der Waals surface area contributed by atoms with Crippen molar-refractivity contribution in [2.24, 2.45) is 0 Å². The molecule has 1 aliphatic carbocycles. The first-order chi connectivity index (χ1) is 9.66. The Balaban J connectivity index is 2.29. The average Bonchev–Trinajstić information content (AvgIpc) is 2.46. The molecular weight excluding hydrogens is 272 g/mol. The number of fused-ring (bicyclic) bond motifs is 1. The van der Waals surface area contributed by atoms with Gasteiger partial charge in [0.2, 0.25) is 0 Å². The molecule has 3 heteroatoms. The van der Waals surface area contributed by atoms with Crippen LogP contribution < -0.4 is 0 Å². The van der Waals surface area contributed by atoms with E-state index in [4.69, 9.17) is 11.6 Å². The van der Waals surface area contributed by atoms with Crippen molar-refractivity contribution >= 4 is 23.1 Å². The molecule has 1 aliphatic rings. The lowest BCUT2D eigenvalue weighted by molar-refractivity contribution is -0.132. The van der Waals surface area contributed by atoms with E-state index in [1.54, 1.807) is 0 Å². The maximum Gasteiger partial charge on any atom is 0.332 e. The van der Waals surface area contributed by atoms with Gasteiger partial charge in [0.15, 0.2) is 0 Å². The minimum Gasteiger partial charge on any atom is -0.478 e. The van der Waals surface area contributed by atoms with Crippen molar-refractivity contribution in [2.75, 3.05) is 0 Å². The van der Waals surface area contributed by atoms with Crippen LogP contribution in [-0.2, 0) is 11.2 Å². The molecule has 0 atom stereocenters. The zero-order valence-corrected chi connectivity index (χ0v) is 11.5. The molecule has 0 spiro atoms. The molecule has 0 aliphatic heterocycles. The number of aryl methyl sites for hydroxylation is 1. The topological polar surface area (TPSA) is 37.3 Å². The summed E-state index contributed by atoms with van der Waals surface area (Å²) in [6.07, 6.45) is 1.29. The van der Waals surface area contributed by atoms with Gasteiger partial charge in [-0.3, -0.25) is 0 Å². The minimum atomic E-state index is -0.852. The van der Waals surface area contributed by atoms with Crippen LogP contribution in [0.5, 0.6) is 0 Å². The number of carboxylic acids is 1. The summed E-state index contributed by atoms with van der Waals surface area (Å²) < 4.78 is 0. The zero-order chi connectivity index (χ0) is 14.1. The second kappa shape index (κ2) is 5.14. The highest BCUT2D eigenvalue weighted by molar-refractivity contribution is 6.30. The average molecular weight is 285 g/mol. The van der Waals surface area contributed by atoms with Crippen LogP contribution in [0.25, 0.3) is 5.57 Å². The third kappa shape index (κ3) is 2.23. The fraction of sp³-hybridized carbons (Fsp3) is 0.118. The Labute approximate surface area is 122 Å². The number of aliphatic carboxylic acids is 1. The monoisotopic (exact) mass is 284 g/mol. The van der Waals surface area contributed by atoms with Gasteiger partial charge in [-0.05, 0) is 47.2 Å². The summed E-state index contributed by atoms with van der Waals surface area (Å²) in [5.74, 6) is -0.852. The molecule has 0 radical (unpaired) electrons. The van der Waals surface area contributed by atoms with Crippen molar-refractivity contribution in [3.05, 3.63) is 75.8 Å². The van der Waals surface area contributed by atoms with Gasteiger partial charge in [0, 0.05) is 10.6 Å². The quantitative estimate of drug-likeness (QED) is 0.898. The second-order valence-corrected chi connectivity index (χ2v) is 5.26. The maximum atomic E-state index is 11.5. The molecule has 0 saturated heterocycles. The molecule has 0 unspecified atom stereocenters. The first-order valence-electron chi connectivity index (χ1n) is 6.47. The van der Waals surface area contributed by atoms with Gasteiger partial charge in [0.25, 0.3) is 0 Å². The van der Waals surface area contributed by atoms with Crippen molar-refractivity contribution in [1.82, 2.24) is 0 Å². The second-order valence-electron chi connectivity index (χ2n) is 4.83. The highest BCUT2D eigenvalue weighted by Crippen LogP contribution is 2.37. The molecule has 0 heterocycles. The normalized spacial score (nSPS) is 14.1. The summed E-state index contributed by atoms with van der Waals surface area (Å²) in [5, 5.41) is 10.1. The van der Waals surface area contributed by atoms with Gasteiger partial charge in [-0.2, -0.15) is 0 Å². The maximum absolute atomic E-state index is 11.5. The summed E-state index contributed by atoms with van der Waals surface area (Å²) in [5.41, 5.74) is 4.27. The Hall–Kier alpha value is -2.06. The van der Waals surface area contributed by atoms with Crippen molar-refractivity contribution in [2.45, 2.75) is 12.8 Å². The van der Waals surface area contributed by atoms with Gasteiger partial charge in [0.05, 0.1) is 0 Å². The molecule has 100 valence electrons. The molecular formula is C17H13ClO2. The van der Waals surface area contributed by atoms with Crippen molar-refractivity contribution in [3.63, 3.8) is 0 Å². The highest BCUT2D eigenvalue weighted by atomic mass is 35.5. The SMILES string of the molecule is O=C(O)C1=C(c2ccccc2)c2cc(Cl)ccc2CC1. The van der Waals surface area contributed by atoms with E-state index >= 15 is 0 Å². The number of hydrogen-bond donors (Lipinski definition) is 1. The fourth-order valence-corrected chi connectivity index (χ4v) is 2.87. The molecule has 20 heavy (non-hydrogen) atoms. The lowest BCUT2D eigenvalue weighted by Gasteiger charge is -2.22. The van der Waals surface area contributed by atoms with Gasteiger partial charge in [-0.15, -0.1) is 0 Å². The summed E-state index contributed by atoms with van der Waals surface area (Å²) in [6.45, 7) is 0. The van der Waals surface area contributed by atoms with Gasteiger partial charge < -0.3 is 5.11 Å². The molecule has 0 bridgehead atoms. The molecule has 0 aromatic heterocycles. The van der Waals surface area contributed by atoms with Gasteiger partial charge in [0.1, 0.15) is 0 Å². The Kier molecular flexibility index (Phi) is 3.33. The highest BCUT2D eigenvalue weighted by Gasteiger charge is 2.24. The molecule has 0 amide bonds. The summed E-state index contributed by atoms with van der Waals surface area (Å²) in [7, 11) is 0. The Bertz CT molecular complexity index is 702. The van der Waals surface area contributed by atoms with E-state index in [1.165, 1.54) is 0 Å². The number of benzene rings is 2. The number of carbonyl (C=O) groups is 1. The third-order valence-corrected chi connectivity index (χ3v) is 3.84. The molecule has 2 aromatic carbocycles. The first-order valence-corrected chi connectivity index (χ1v) is 6.85. The van der Waals surface area contributed by atoms with Crippen LogP contribution in [0.3, 0.4) is 0 Å². The zero-order valence-electron chi connectivity index (χ0n) is 10.8. The van der Waals surface area contributed by atoms with Crippen LogP contribution in [0, 0.1) is 0 Å². The fourth-order valence-electron chi connectivity index (χ4n) is 2.70. The number of hydrogen-bond acceptors (Lipinski definition) is 1. The molecule has 3 rings (SSSR count). The number of halogens is 1. The van der Waals surface area contributed by atoms with Crippen LogP contribution in [0.4, 0.5) is 0 Å². The summed E-state index contributed by atoms with van der Waals surface area (Å²) in [4.78, 5) is 11.5. The van der Waals surface area contributed by atoms with Gasteiger partial charge in [-0.1, -0.05) is 48.0 Å². The minimum absolute atomic E-state index is 0.464. The summed E-state index contributed by atoms with van der Waals surface area (Å²) >= 11 is 6.09. The predicted octanol–water partition coefficient (Wildman–Crippen LogP) is 4.17. The molecule has 0 saturated carbocycles. The third-order valence-electron chi connectivity index (χ3n) is 3.61. The summed E-state index contributed by atoms with van der Waals surface area (Å²) in [6, 6.07) is 15.3. The number of carboxylic acid groups (broad SMARTS) is 1. The van der Waals surface area contributed by atoms with E-state index in [0.717, 1.165) is 28.7 Å². The first kappa shape index (κ1) is 12.9. The van der Waals surface area contributed by atoms with Crippen LogP contribution in [-0.4, -0.2) is 11.1 Å². The van der Waals surface area contributed by atoms with E-state index in [9.17, 15) is 9.90 Å².